The number of hydrogen-bond donors (Lipinski definition) is 1. The van der Waals surface area contributed by atoms with Crippen LogP contribution in [-0.2, 0) is 5.54 Å². The van der Waals surface area contributed by atoms with Crippen molar-refractivity contribution >= 4 is 0 Å². The lowest BCUT2D eigenvalue weighted by molar-refractivity contribution is -0.275. The number of pyridine rings is 1. The number of alkyl halides is 3. The Balaban J connectivity index is 2.04. The van der Waals surface area contributed by atoms with Crippen LogP contribution in [-0.4, -0.2) is 18.0 Å². The van der Waals surface area contributed by atoms with Gasteiger partial charge in [0.25, 0.3) is 0 Å². The first-order chi connectivity index (χ1) is 11.2. The van der Waals surface area contributed by atoms with E-state index in [0.29, 0.717) is 0 Å². The number of aromatic nitrogens is 1. The van der Waals surface area contributed by atoms with E-state index in [1.165, 1.54) is 12.3 Å². The number of rotatable bonds is 2. The average Bonchev–Trinajstić information content (AvgIpc) is 2.49. The fourth-order valence-electron chi connectivity index (χ4n) is 2.58. The lowest BCUT2D eigenvalue weighted by Gasteiger charge is -2.35. The predicted octanol–water partition coefficient (Wildman–Crippen LogP) is 3.24. The number of ether oxygens (including phenoxy) is 2. The van der Waals surface area contributed by atoms with Gasteiger partial charge in [-0.05, 0) is 23.8 Å². The van der Waals surface area contributed by atoms with Crippen molar-refractivity contribution in [1.29, 1.82) is 0 Å². The van der Waals surface area contributed by atoms with Crippen LogP contribution >= 0.6 is 0 Å². The van der Waals surface area contributed by atoms with E-state index >= 15 is 0 Å². The minimum Gasteiger partial charge on any atom is -0.488 e. The van der Waals surface area contributed by atoms with Gasteiger partial charge in [-0.15, -0.1) is 13.2 Å². The van der Waals surface area contributed by atoms with Crippen LogP contribution in [0.5, 0.6) is 11.5 Å². The zero-order valence-corrected chi connectivity index (χ0v) is 12.0. The van der Waals surface area contributed by atoms with Crippen molar-refractivity contribution in [3.05, 3.63) is 53.4 Å². The van der Waals surface area contributed by atoms with Crippen LogP contribution in [0.3, 0.4) is 0 Å². The van der Waals surface area contributed by atoms with E-state index in [1.807, 2.05) is 0 Å². The molecule has 1 aromatic carbocycles. The van der Waals surface area contributed by atoms with Gasteiger partial charge in [-0.25, -0.2) is 8.78 Å². The molecule has 0 spiro atoms. The number of nitrogens with zero attached hydrogens (tertiary/aromatic N) is 1. The minimum atomic E-state index is -5.02. The van der Waals surface area contributed by atoms with Gasteiger partial charge in [-0.2, -0.15) is 0 Å². The second kappa shape index (κ2) is 5.59. The quantitative estimate of drug-likeness (QED) is 0.848. The van der Waals surface area contributed by atoms with Crippen molar-refractivity contribution < 1.29 is 31.4 Å². The van der Waals surface area contributed by atoms with Gasteiger partial charge in [-0.3, -0.25) is 4.98 Å². The number of nitrogens with two attached hydrogens (primary N) is 1. The molecule has 0 radical (unpaired) electrons. The molecule has 1 atom stereocenters. The first-order valence-corrected chi connectivity index (χ1v) is 6.83. The summed E-state index contributed by atoms with van der Waals surface area (Å²) in [6.07, 6.45) is -3.68. The monoisotopic (exact) mass is 346 g/mol. The SMILES string of the molecule is NC1(c2ccc(OC(F)(F)F)c(F)c2)CCOc2c(F)ccnc21. The molecule has 24 heavy (non-hydrogen) atoms. The molecule has 1 unspecified atom stereocenters. The van der Waals surface area contributed by atoms with Crippen molar-refractivity contribution in [2.75, 3.05) is 6.61 Å². The molecule has 0 aliphatic carbocycles. The molecule has 1 aliphatic heterocycles. The number of benzene rings is 1. The molecule has 2 N–H and O–H groups in total. The fraction of sp³-hybridized carbons (Fsp3) is 0.267. The molecule has 0 bridgehead atoms. The summed E-state index contributed by atoms with van der Waals surface area (Å²) in [7, 11) is 0. The van der Waals surface area contributed by atoms with Crippen LogP contribution in [0.25, 0.3) is 0 Å². The Morgan fingerprint density at radius 3 is 2.58 bits per heavy atom. The highest BCUT2D eigenvalue weighted by molar-refractivity contribution is 5.45. The first kappa shape index (κ1) is 16.4. The molecule has 1 aliphatic rings. The summed E-state index contributed by atoms with van der Waals surface area (Å²) in [5.41, 5.74) is 5.06. The number of halogens is 5. The van der Waals surface area contributed by atoms with Crippen LogP contribution in [0.1, 0.15) is 17.7 Å². The molecule has 9 heteroatoms. The molecule has 0 amide bonds. The Morgan fingerprint density at radius 1 is 1.17 bits per heavy atom. The molecule has 0 fully saturated rings. The van der Waals surface area contributed by atoms with Gasteiger partial charge in [-0.1, -0.05) is 6.07 Å². The van der Waals surface area contributed by atoms with E-state index in [4.69, 9.17) is 10.5 Å². The van der Waals surface area contributed by atoms with Crippen molar-refractivity contribution in [1.82, 2.24) is 4.98 Å². The van der Waals surface area contributed by atoms with Gasteiger partial charge in [0, 0.05) is 12.6 Å². The van der Waals surface area contributed by atoms with E-state index < -0.39 is 29.3 Å². The maximum Gasteiger partial charge on any atom is 0.573 e. The highest BCUT2D eigenvalue weighted by Crippen LogP contribution is 2.40. The molecular weight excluding hydrogens is 335 g/mol. The third-order valence-electron chi connectivity index (χ3n) is 3.69. The van der Waals surface area contributed by atoms with Crippen LogP contribution in [0, 0.1) is 11.6 Å². The molecule has 0 saturated heterocycles. The van der Waals surface area contributed by atoms with Gasteiger partial charge in [0.15, 0.2) is 23.1 Å². The summed E-state index contributed by atoms with van der Waals surface area (Å²) in [4.78, 5) is 4.00. The summed E-state index contributed by atoms with van der Waals surface area (Å²) in [5.74, 6) is -3.04. The Bertz CT molecular complexity index is 781. The maximum absolute atomic E-state index is 14.0. The van der Waals surface area contributed by atoms with E-state index in [9.17, 15) is 22.0 Å². The molecule has 1 aromatic heterocycles. The van der Waals surface area contributed by atoms with Crippen molar-refractivity contribution in [3.63, 3.8) is 0 Å². The summed E-state index contributed by atoms with van der Waals surface area (Å²) in [6, 6.07) is 3.92. The summed E-state index contributed by atoms with van der Waals surface area (Å²) >= 11 is 0. The smallest absolute Gasteiger partial charge is 0.488 e. The highest BCUT2D eigenvalue weighted by atomic mass is 19.4. The Morgan fingerprint density at radius 2 is 1.92 bits per heavy atom. The molecule has 2 aromatic rings. The van der Waals surface area contributed by atoms with Gasteiger partial charge in [0.1, 0.15) is 5.69 Å². The molecular formula is C15H11F5N2O2. The normalized spacial score (nSPS) is 20.2. The van der Waals surface area contributed by atoms with Crippen LogP contribution in [0.2, 0.25) is 0 Å². The van der Waals surface area contributed by atoms with Gasteiger partial charge in [0.2, 0.25) is 0 Å². The number of fused-ring (bicyclic) bond motifs is 1. The molecule has 128 valence electrons. The Kier molecular flexibility index (Phi) is 3.83. The largest absolute Gasteiger partial charge is 0.573 e. The zero-order valence-electron chi connectivity index (χ0n) is 12.0. The van der Waals surface area contributed by atoms with Crippen LogP contribution in [0.4, 0.5) is 22.0 Å². The van der Waals surface area contributed by atoms with Crippen LogP contribution in [0.15, 0.2) is 30.5 Å². The van der Waals surface area contributed by atoms with Crippen molar-refractivity contribution in [3.8, 4) is 11.5 Å². The van der Waals surface area contributed by atoms with Gasteiger partial charge < -0.3 is 15.2 Å². The summed E-state index contributed by atoms with van der Waals surface area (Å²) in [5, 5.41) is 0. The van der Waals surface area contributed by atoms with E-state index in [1.54, 1.807) is 0 Å². The third-order valence-corrected chi connectivity index (χ3v) is 3.69. The fourth-order valence-corrected chi connectivity index (χ4v) is 2.58. The Labute approximate surface area is 133 Å². The van der Waals surface area contributed by atoms with Crippen molar-refractivity contribution in [2.45, 2.75) is 18.3 Å². The molecule has 0 saturated carbocycles. The lowest BCUT2D eigenvalue weighted by Crippen LogP contribution is -2.43. The van der Waals surface area contributed by atoms with E-state index in [-0.39, 0.29) is 30.0 Å². The van der Waals surface area contributed by atoms with Crippen molar-refractivity contribution in [2.24, 2.45) is 5.73 Å². The molecule has 2 heterocycles. The average molecular weight is 346 g/mol. The second-order valence-corrected chi connectivity index (χ2v) is 5.23. The first-order valence-electron chi connectivity index (χ1n) is 6.83. The summed E-state index contributed by atoms with van der Waals surface area (Å²) in [6.45, 7) is 0.0501. The zero-order chi connectivity index (χ0) is 17.5. The molecule has 3 rings (SSSR count). The maximum atomic E-state index is 14.0. The summed E-state index contributed by atoms with van der Waals surface area (Å²) < 4.78 is 73.2. The minimum absolute atomic E-state index is 0.0501. The number of hydrogen-bond acceptors (Lipinski definition) is 4. The van der Waals surface area contributed by atoms with E-state index in [2.05, 4.69) is 9.72 Å². The molecule has 4 nitrogen and oxygen atoms in total. The van der Waals surface area contributed by atoms with Gasteiger partial charge in [0.05, 0.1) is 12.1 Å². The van der Waals surface area contributed by atoms with Gasteiger partial charge >= 0.3 is 6.36 Å². The lowest BCUT2D eigenvalue weighted by atomic mass is 9.82. The topological polar surface area (TPSA) is 57.4 Å². The predicted molar refractivity (Wildman–Crippen MR) is 72.4 cm³/mol. The van der Waals surface area contributed by atoms with Crippen LogP contribution < -0.4 is 15.2 Å². The Hall–Kier alpha value is -2.42. The highest BCUT2D eigenvalue weighted by Gasteiger charge is 2.40. The van der Waals surface area contributed by atoms with E-state index in [0.717, 1.165) is 18.2 Å². The standard InChI is InChI=1S/C15H11F5N2O2/c16-9-3-5-22-13-12(9)23-6-4-14(13,21)8-1-2-11(10(17)7-8)24-15(18,19)20/h1-3,5,7H,4,6,21H2. The third kappa shape index (κ3) is 2.86. The second-order valence-electron chi connectivity index (χ2n) is 5.23.